The minimum Gasteiger partial charge on any atom is -0.495 e. The third-order valence-corrected chi connectivity index (χ3v) is 3.25. The Labute approximate surface area is 111 Å². The lowest BCUT2D eigenvalue weighted by molar-refractivity contribution is 0.166. The van der Waals surface area contributed by atoms with Gasteiger partial charge in [0.25, 0.3) is 0 Å². The van der Waals surface area contributed by atoms with E-state index in [1.54, 1.807) is 4.90 Å². The SMILES string of the molecule is COc1ccc(F)cc1NC(=O)N1CCCC1CO. The molecule has 0 spiro atoms. The molecule has 0 saturated carbocycles. The van der Waals surface area contributed by atoms with Crippen LogP contribution < -0.4 is 10.1 Å². The second kappa shape index (κ2) is 5.88. The summed E-state index contributed by atoms with van der Waals surface area (Å²) in [7, 11) is 1.45. The number of amides is 2. The Balaban J connectivity index is 2.12. The molecule has 2 amide bonds. The number of rotatable bonds is 3. The van der Waals surface area contributed by atoms with E-state index in [0.29, 0.717) is 12.3 Å². The van der Waals surface area contributed by atoms with Gasteiger partial charge in [-0.2, -0.15) is 0 Å². The number of halogens is 1. The number of nitrogens with zero attached hydrogens (tertiary/aromatic N) is 1. The van der Waals surface area contributed by atoms with Gasteiger partial charge in [-0.05, 0) is 25.0 Å². The van der Waals surface area contributed by atoms with Crippen molar-refractivity contribution in [2.24, 2.45) is 0 Å². The van der Waals surface area contributed by atoms with Crippen LogP contribution in [-0.4, -0.2) is 42.3 Å². The summed E-state index contributed by atoms with van der Waals surface area (Å²) in [6.07, 6.45) is 1.64. The van der Waals surface area contributed by atoms with Crippen LogP contribution >= 0.6 is 0 Å². The third kappa shape index (κ3) is 2.96. The van der Waals surface area contributed by atoms with E-state index < -0.39 is 5.82 Å². The van der Waals surface area contributed by atoms with Gasteiger partial charge in [-0.1, -0.05) is 0 Å². The molecule has 5 nitrogen and oxygen atoms in total. The van der Waals surface area contributed by atoms with E-state index >= 15 is 0 Å². The van der Waals surface area contributed by atoms with E-state index in [0.717, 1.165) is 12.8 Å². The van der Waals surface area contributed by atoms with Crippen molar-refractivity contribution in [2.75, 3.05) is 25.6 Å². The van der Waals surface area contributed by atoms with E-state index in [4.69, 9.17) is 4.74 Å². The van der Waals surface area contributed by atoms with Crippen LogP contribution in [0.2, 0.25) is 0 Å². The zero-order valence-corrected chi connectivity index (χ0v) is 10.7. The lowest BCUT2D eigenvalue weighted by Gasteiger charge is -2.23. The lowest BCUT2D eigenvalue weighted by atomic mass is 10.2. The Bertz CT molecular complexity index is 467. The van der Waals surface area contributed by atoms with Gasteiger partial charge in [-0.15, -0.1) is 0 Å². The zero-order valence-electron chi connectivity index (χ0n) is 10.7. The molecule has 104 valence electrons. The van der Waals surface area contributed by atoms with Crippen molar-refractivity contribution in [3.63, 3.8) is 0 Å². The number of benzene rings is 1. The standard InChI is InChI=1S/C13H17FN2O3/c1-19-12-5-4-9(14)7-11(12)15-13(18)16-6-2-3-10(16)8-17/h4-5,7,10,17H,2-3,6,8H2,1H3,(H,15,18). The van der Waals surface area contributed by atoms with Gasteiger partial charge in [-0.25, -0.2) is 9.18 Å². The fraction of sp³-hybridized carbons (Fsp3) is 0.462. The van der Waals surface area contributed by atoms with Crippen LogP contribution in [0.15, 0.2) is 18.2 Å². The number of anilines is 1. The molecule has 0 bridgehead atoms. The summed E-state index contributed by atoms with van der Waals surface area (Å²) in [5.41, 5.74) is 0.288. The molecule has 0 radical (unpaired) electrons. The van der Waals surface area contributed by atoms with Crippen LogP contribution in [0.1, 0.15) is 12.8 Å². The maximum atomic E-state index is 13.2. The van der Waals surface area contributed by atoms with Gasteiger partial charge in [0.2, 0.25) is 0 Å². The molecular weight excluding hydrogens is 251 g/mol. The highest BCUT2D eigenvalue weighted by molar-refractivity contribution is 5.91. The first-order valence-corrected chi connectivity index (χ1v) is 6.17. The van der Waals surface area contributed by atoms with E-state index in [1.165, 1.54) is 25.3 Å². The molecule has 0 aromatic heterocycles. The van der Waals surface area contributed by atoms with Crippen LogP contribution in [-0.2, 0) is 0 Å². The molecule has 1 unspecified atom stereocenters. The molecule has 1 heterocycles. The van der Waals surface area contributed by atoms with Crippen molar-refractivity contribution in [1.29, 1.82) is 0 Å². The van der Waals surface area contributed by atoms with Gasteiger partial charge in [0.05, 0.1) is 25.4 Å². The fourth-order valence-electron chi connectivity index (χ4n) is 2.26. The molecule has 1 atom stereocenters. The van der Waals surface area contributed by atoms with Crippen molar-refractivity contribution in [2.45, 2.75) is 18.9 Å². The van der Waals surface area contributed by atoms with Crippen LogP contribution in [0.4, 0.5) is 14.9 Å². The van der Waals surface area contributed by atoms with Crippen LogP contribution in [0.5, 0.6) is 5.75 Å². The zero-order chi connectivity index (χ0) is 13.8. The largest absolute Gasteiger partial charge is 0.495 e. The summed E-state index contributed by atoms with van der Waals surface area (Å²) in [5, 5.41) is 11.8. The summed E-state index contributed by atoms with van der Waals surface area (Å²) >= 11 is 0. The number of aliphatic hydroxyl groups is 1. The smallest absolute Gasteiger partial charge is 0.322 e. The average Bonchev–Trinajstić information content (AvgIpc) is 2.87. The normalized spacial score (nSPS) is 18.5. The van der Waals surface area contributed by atoms with Crippen molar-refractivity contribution in [3.05, 3.63) is 24.0 Å². The molecule has 1 aliphatic heterocycles. The van der Waals surface area contributed by atoms with Gasteiger partial charge in [0.1, 0.15) is 11.6 Å². The Kier molecular flexibility index (Phi) is 4.21. The Morgan fingerprint density at radius 1 is 1.63 bits per heavy atom. The molecule has 1 saturated heterocycles. The number of hydrogen-bond donors (Lipinski definition) is 2. The third-order valence-electron chi connectivity index (χ3n) is 3.25. The van der Waals surface area contributed by atoms with E-state index in [9.17, 15) is 14.3 Å². The number of carbonyl (C=O) groups excluding carboxylic acids is 1. The molecule has 1 aromatic rings. The molecule has 2 rings (SSSR count). The number of nitrogens with one attached hydrogen (secondary N) is 1. The number of urea groups is 1. The van der Waals surface area contributed by atoms with Gasteiger partial charge < -0.3 is 20.1 Å². The van der Waals surface area contributed by atoms with Crippen LogP contribution in [0.25, 0.3) is 0 Å². The number of hydrogen-bond acceptors (Lipinski definition) is 3. The fourth-order valence-corrected chi connectivity index (χ4v) is 2.26. The average molecular weight is 268 g/mol. The van der Waals surface area contributed by atoms with Gasteiger partial charge >= 0.3 is 6.03 Å². The topological polar surface area (TPSA) is 61.8 Å². The van der Waals surface area contributed by atoms with Crippen molar-refractivity contribution in [3.8, 4) is 5.75 Å². The van der Waals surface area contributed by atoms with Crippen LogP contribution in [0.3, 0.4) is 0 Å². The van der Waals surface area contributed by atoms with Crippen molar-refractivity contribution in [1.82, 2.24) is 4.90 Å². The molecule has 6 heteroatoms. The summed E-state index contributed by atoms with van der Waals surface area (Å²) in [5.74, 6) is -0.0503. The number of methoxy groups -OCH3 is 1. The second-order valence-electron chi connectivity index (χ2n) is 4.45. The van der Waals surface area contributed by atoms with E-state index in [2.05, 4.69) is 5.32 Å². The quantitative estimate of drug-likeness (QED) is 0.879. The predicted molar refractivity (Wildman–Crippen MR) is 68.8 cm³/mol. The summed E-state index contributed by atoms with van der Waals surface area (Å²) in [6.45, 7) is 0.530. The number of aliphatic hydroxyl groups excluding tert-OH is 1. The van der Waals surface area contributed by atoms with Crippen LogP contribution in [0, 0.1) is 5.82 Å². The summed E-state index contributed by atoms with van der Waals surface area (Å²) in [4.78, 5) is 13.6. The molecule has 19 heavy (non-hydrogen) atoms. The predicted octanol–water partition coefficient (Wildman–Crippen LogP) is 1.82. The molecule has 1 aromatic carbocycles. The number of carbonyl (C=O) groups is 1. The Morgan fingerprint density at radius 2 is 2.42 bits per heavy atom. The number of likely N-dealkylation sites (tertiary alicyclic amines) is 1. The molecular formula is C13H17FN2O3. The first-order valence-electron chi connectivity index (χ1n) is 6.17. The minimum absolute atomic E-state index is 0.0618. The lowest BCUT2D eigenvalue weighted by Crippen LogP contribution is -2.40. The highest BCUT2D eigenvalue weighted by Crippen LogP contribution is 2.26. The maximum absolute atomic E-state index is 13.2. The van der Waals surface area contributed by atoms with E-state index in [-0.39, 0.29) is 24.4 Å². The summed E-state index contributed by atoms with van der Waals surface area (Å²) in [6, 6.07) is 3.42. The van der Waals surface area contributed by atoms with Gasteiger partial charge in [-0.3, -0.25) is 0 Å². The van der Waals surface area contributed by atoms with E-state index in [1.807, 2.05) is 0 Å². The number of ether oxygens (including phenoxy) is 1. The highest BCUT2D eigenvalue weighted by Gasteiger charge is 2.28. The highest BCUT2D eigenvalue weighted by atomic mass is 19.1. The maximum Gasteiger partial charge on any atom is 0.322 e. The Hall–Kier alpha value is -1.82. The first kappa shape index (κ1) is 13.6. The minimum atomic E-state index is -0.448. The summed E-state index contributed by atoms with van der Waals surface area (Å²) < 4.78 is 18.3. The monoisotopic (exact) mass is 268 g/mol. The molecule has 1 fully saturated rings. The molecule has 2 N–H and O–H groups in total. The second-order valence-corrected chi connectivity index (χ2v) is 4.45. The van der Waals surface area contributed by atoms with Crippen molar-refractivity contribution < 1.29 is 19.0 Å². The molecule has 0 aliphatic carbocycles. The first-order chi connectivity index (χ1) is 9.15. The van der Waals surface area contributed by atoms with Crippen molar-refractivity contribution >= 4 is 11.7 Å². The van der Waals surface area contributed by atoms with Gasteiger partial charge in [0.15, 0.2) is 0 Å². The van der Waals surface area contributed by atoms with Gasteiger partial charge in [0, 0.05) is 12.6 Å². The Morgan fingerprint density at radius 3 is 3.11 bits per heavy atom. The molecule has 1 aliphatic rings.